The summed E-state index contributed by atoms with van der Waals surface area (Å²) in [6.45, 7) is 2.63. The van der Waals surface area contributed by atoms with Crippen molar-refractivity contribution in [1.82, 2.24) is 10.2 Å². The van der Waals surface area contributed by atoms with E-state index in [-0.39, 0.29) is 13.2 Å². The number of hydrogen-bond donors (Lipinski definition) is 3. The van der Waals surface area contributed by atoms with Gasteiger partial charge in [-0.3, -0.25) is 0 Å². The van der Waals surface area contributed by atoms with Crippen molar-refractivity contribution in [3.63, 3.8) is 0 Å². The molecule has 0 saturated heterocycles. The van der Waals surface area contributed by atoms with Crippen LogP contribution in [0.15, 0.2) is 0 Å². The first kappa shape index (κ1) is 18.0. The summed E-state index contributed by atoms with van der Waals surface area (Å²) in [6.07, 6.45) is 4.04. The number of urea groups is 1. The molecule has 0 aliphatic rings. The molecule has 0 aromatic heterocycles. The molecule has 0 saturated carbocycles. The molecule has 0 fully saturated rings. The third-order valence-electron chi connectivity index (χ3n) is 2.65. The van der Waals surface area contributed by atoms with Gasteiger partial charge >= 0.3 is 12.0 Å². The highest BCUT2D eigenvalue weighted by Gasteiger charge is 2.22. The van der Waals surface area contributed by atoms with Gasteiger partial charge in [0.25, 0.3) is 0 Å². The zero-order valence-corrected chi connectivity index (χ0v) is 12.4. The smallest absolute Gasteiger partial charge is 0.326 e. The van der Waals surface area contributed by atoms with E-state index in [2.05, 4.69) is 5.32 Å². The fourth-order valence-electron chi connectivity index (χ4n) is 1.52. The number of carboxylic acids is 1. The van der Waals surface area contributed by atoms with Gasteiger partial charge in [0.1, 0.15) is 6.04 Å². The number of nitrogens with zero attached hydrogens (tertiary/aromatic N) is 1. The molecule has 0 radical (unpaired) electrons. The molecule has 0 unspecified atom stereocenters. The third-order valence-corrected chi connectivity index (χ3v) is 3.29. The molecule has 0 rings (SSSR count). The minimum atomic E-state index is -1.03. The summed E-state index contributed by atoms with van der Waals surface area (Å²) < 4.78 is 0. The van der Waals surface area contributed by atoms with Crippen molar-refractivity contribution in [1.29, 1.82) is 0 Å². The van der Waals surface area contributed by atoms with Crippen molar-refractivity contribution in [3.05, 3.63) is 0 Å². The zero-order valence-electron chi connectivity index (χ0n) is 11.6. The van der Waals surface area contributed by atoms with Gasteiger partial charge in [0, 0.05) is 13.1 Å². The van der Waals surface area contributed by atoms with E-state index >= 15 is 0 Å². The van der Waals surface area contributed by atoms with E-state index in [1.807, 2.05) is 13.2 Å². The Bertz CT molecular complexity index is 276. The Balaban J connectivity index is 4.42. The van der Waals surface area contributed by atoms with Crippen LogP contribution in [0.5, 0.6) is 0 Å². The van der Waals surface area contributed by atoms with Gasteiger partial charge in [-0.05, 0) is 24.9 Å². The number of aliphatic carboxylic acids is 1. The van der Waals surface area contributed by atoms with Gasteiger partial charge in [0.15, 0.2) is 0 Å². The highest BCUT2D eigenvalue weighted by atomic mass is 32.2. The fourth-order valence-corrected chi connectivity index (χ4v) is 1.99. The lowest BCUT2D eigenvalue weighted by Gasteiger charge is -2.24. The maximum absolute atomic E-state index is 12.0. The van der Waals surface area contributed by atoms with Crippen molar-refractivity contribution >= 4 is 23.8 Å². The molecular weight excluding hydrogens is 268 g/mol. The largest absolute Gasteiger partial charge is 0.480 e. The Labute approximate surface area is 118 Å². The predicted molar refractivity (Wildman–Crippen MR) is 76.5 cm³/mol. The van der Waals surface area contributed by atoms with Gasteiger partial charge in [-0.25, -0.2) is 9.59 Å². The van der Waals surface area contributed by atoms with Crippen molar-refractivity contribution in [2.24, 2.45) is 0 Å². The quantitative estimate of drug-likeness (QED) is 0.559. The van der Waals surface area contributed by atoms with Crippen LogP contribution in [0.1, 0.15) is 26.2 Å². The number of nitrogens with one attached hydrogen (secondary N) is 1. The molecule has 7 heteroatoms. The van der Waals surface area contributed by atoms with Gasteiger partial charge in [-0.15, -0.1) is 0 Å². The first-order chi connectivity index (χ1) is 9.06. The number of aliphatic hydroxyl groups excluding tert-OH is 1. The number of amides is 2. The molecule has 3 N–H and O–H groups in total. The predicted octanol–water partition coefficient (Wildman–Crippen LogP) is 0.997. The van der Waals surface area contributed by atoms with Crippen LogP contribution in [0.3, 0.4) is 0 Å². The van der Waals surface area contributed by atoms with Crippen molar-refractivity contribution in [2.75, 3.05) is 31.7 Å². The maximum atomic E-state index is 12.0. The summed E-state index contributed by atoms with van der Waals surface area (Å²) in [7, 11) is 0. The van der Waals surface area contributed by atoms with Crippen LogP contribution in [0.25, 0.3) is 0 Å². The second kappa shape index (κ2) is 10.9. The molecule has 0 aromatic carbocycles. The van der Waals surface area contributed by atoms with Gasteiger partial charge in [-0.2, -0.15) is 11.8 Å². The summed E-state index contributed by atoms with van der Waals surface area (Å²) in [6, 6.07) is -1.29. The number of aliphatic hydroxyl groups is 1. The number of rotatable bonds is 10. The van der Waals surface area contributed by atoms with E-state index in [4.69, 9.17) is 10.2 Å². The minimum absolute atomic E-state index is 0.125. The Hall–Kier alpha value is -0.950. The molecule has 0 heterocycles. The van der Waals surface area contributed by atoms with E-state index in [1.165, 1.54) is 16.7 Å². The summed E-state index contributed by atoms with van der Waals surface area (Å²) in [4.78, 5) is 24.5. The number of carbonyl (C=O) groups excluding carboxylic acids is 1. The molecule has 2 amide bonds. The topological polar surface area (TPSA) is 89.9 Å². The number of carboxylic acid groups (broad SMARTS) is 1. The first-order valence-electron chi connectivity index (χ1n) is 6.44. The van der Waals surface area contributed by atoms with Crippen LogP contribution >= 0.6 is 11.8 Å². The number of hydrogen-bond acceptors (Lipinski definition) is 4. The molecule has 0 aliphatic heterocycles. The normalized spacial score (nSPS) is 11.9. The SMILES string of the molecule is CCCCN(CCO)C(=O)N[C@H](CCSC)C(=O)O. The van der Waals surface area contributed by atoms with Crippen molar-refractivity contribution in [3.8, 4) is 0 Å². The Morgan fingerprint density at radius 1 is 1.37 bits per heavy atom. The lowest BCUT2D eigenvalue weighted by atomic mass is 10.2. The molecule has 0 spiro atoms. The Morgan fingerprint density at radius 3 is 2.53 bits per heavy atom. The first-order valence-corrected chi connectivity index (χ1v) is 7.84. The molecule has 1 atom stereocenters. The van der Waals surface area contributed by atoms with Gasteiger partial charge in [0.05, 0.1) is 6.61 Å². The second-order valence-corrected chi connectivity index (χ2v) is 5.17. The fraction of sp³-hybridized carbons (Fsp3) is 0.833. The van der Waals surface area contributed by atoms with Crippen LogP contribution < -0.4 is 5.32 Å². The van der Waals surface area contributed by atoms with Gasteiger partial charge in [-0.1, -0.05) is 13.3 Å². The summed E-state index contributed by atoms with van der Waals surface area (Å²) in [5.41, 5.74) is 0. The summed E-state index contributed by atoms with van der Waals surface area (Å²) in [5, 5.41) is 20.5. The summed E-state index contributed by atoms with van der Waals surface area (Å²) >= 11 is 1.54. The monoisotopic (exact) mass is 292 g/mol. The van der Waals surface area contributed by atoms with Gasteiger partial charge in [0.2, 0.25) is 0 Å². The van der Waals surface area contributed by atoms with E-state index in [9.17, 15) is 9.59 Å². The third kappa shape index (κ3) is 7.94. The van der Waals surface area contributed by atoms with Crippen molar-refractivity contribution < 1.29 is 19.8 Å². The van der Waals surface area contributed by atoms with Crippen molar-refractivity contribution in [2.45, 2.75) is 32.2 Å². The van der Waals surface area contributed by atoms with E-state index in [0.29, 0.717) is 18.7 Å². The Morgan fingerprint density at radius 2 is 2.05 bits per heavy atom. The minimum Gasteiger partial charge on any atom is -0.480 e. The molecular formula is C12H24N2O4S. The molecule has 112 valence electrons. The number of carbonyl (C=O) groups is 2. The zero-order chi connectivity index (χ0) is 14.7. The second-order valence-electron chi connectivity index (χ2n) is 4.19. The highest BCUT2D eigenvalue weighted by molar-refractivity contribution is 7.98. The van der Waals surface area contributed by atoms with Crippen LogP contribution in [0.2, 0.25) is 0 Å². The van der Waals surface area contributed by atoms with E-state index < -0.39 is 18.0 Å². The Kier molecular flexibility index (Phi) is 10.4. The van der Waals surface area contributed by atoms with Gasteiger partial charge < -0.3 is 20.4 Å². The van der Waals surface area contributed by atoms with Crippen LogP contribution in [0.4, 0.5) is 4.79 Å². The summed E-state index contributed by atoms with van der Waals surface area (Å²) in [5.74, 6) is -0.353. The van der Waals surface area contributed by atoms with Crippen LogP contribution in [-0.4, -0.2) is 64.9 Å². The van der Waals surface area contributed by atoms with E-state index in [0.717, 1.165) is 12.8 Å². The lowest BCUT2D eigenvalue weighted by Crippen LogP contribution is -2.49. The molecule has 6 nitrogen and oxygen atoms in total. The van der Waals surface area contributed by atoms with Crippen LogP contribution in [0, 0.1) is 0 Å². The molecule has 0 bridgehead atoms. The number of thioether (sulfide) groups is 1. The average molecular weight is 292 g/mol. The highest BCUT2D eigenvalue weighted by Crippen LogP contribution is 2.03. The average Bonchev–Trinajstić information content (AvgIpc) is 2.38. The maximum Gasteiger partial charge on any atom is 0.326 e. The standard InChI is InChI=1S/C12H24N2O4S/c1-3-4-6-14(7-8-15)12(18)13-10(11(16)17)5-9-19-2/h10,15H,3-9H2,1-2H3,(H,13,18)(H,16,17)/t10-/m1/s1. The number of unbranched alkanes of at least 4 members (excludes halogenated alkanes) is 1. The van der Waals surface area contributed by atoms with Crippen LogP contribution in [-0.2, 0) is 4.79 Å². The molecule has 0 aromatic rings. The van der Waals surface area contributed by atoms with E-state index in [1.54, 1.807) is 0 Å². The molecule has 19 heavy (non-hydrogen) atoms. The lowest BCUT2D eigenvalue weighted by molar-refractivity contribution is -0.139. The molecule has 0 aliphatic carbocycles.